The van der Waals surface area contributed by atoms with Crippen molar-refractivity contribution in [3.8, 4) is 0 Å². The highest BCUT2D eigenvalue weighted by molar-refractivity contribution is 7.99. The Labute approximate surface area is 166 Å². The summed E-state index contributed by atoms with van der Waals surface area (Å²) in [6.07, 6.45) is 7.91. The van der Waals surface area contributed by atoms with Gasteiger partial charge in [-0.2, -0.15) is 16.9 Å². The number of aromatic nitrogens is 2. The van der Waals surface area contributed by atoms with Gasteiger partial charge in [0.1, 0.15) is 0 Å². The summed E-state index contributed by atoms with van der Waals surface area (Å²) in [5.74, 6) is 3.60. The molecule has 1 saturated heterocycles. The maximum atomic E-state index is 12.7. The molecule has 2 fully saturated rings. The van der Waals surface area contributed by atoms with Crippen molar-refractivity contribution in [3.63, 3.8) is 0 Å². The lowest BCUT2D eigenvalue weighted by atomic mass is 9.85. The molecule has 1 aliphatic carbocycles. The third kappa shape index (κ3) is 5.89. The van der Waals surface area contributed by atoms with Crippen molar-refractivity contribution in [3.05, 3.63) is 18.0 Å². The van der Waals surface area contributed by atoms with Gasteiger partial charge in [-0.25, -0.2) is 0 Å². The predicted octanol–water partition coefficient (Wildman–Crippen LogP) is 1.49. The van der Waals surface area contributed by atoms with E-state index in [2.05, 4.69) is 25.6 Å². The number of nitrogens with zero attached hydrogens (tertiary/aromatic N) is 4. The summed E-state index contributed by atoms with van der Waals surface area (Å²) < 4.78 is 1.94. The van der Waals surface area contributed by atoms with Crippen LogP contribution in [0.2, 0.25) is 0 Å². The molecule has 1 aromatic heterocycles. The van der Waals surface area contributed by atoms with Crippen LogP contribution in [0.25, 0.3) is 0 Å². The van der Waals surface area contributed by atoms with Crippen LogP contribution in [-0.4, -0.2) is 70.8 Å². The molecule has 7 nitrogen and oxygen atoms in total. The number of guanidine groups is 1. The monoisotopic (exact) mass is 392 g/mol. The first kappa shape index (κ1) is 20.0. The van der Waals surface area contributed by atoms with Gasteiger partial charge in [-0.1, -0.05) is 0 Å². The number of carbonyl (C=O) groups excluding carboxylic acids is 1. The van der Waals surface area contributed by atoms with E-state index in [1.807, 2.05) is 35.8 Å². The fourth-order valence-corrected chi connectivity index (χ4v) is 4.70. The lowest BCUT2D eigenvalue weighted by Crippen LogP contribution is -2.47. The van der Waals surface area contributed by atoms with Crippen molar-refractivity contribution < 1.29 is 4.79 Å². The second kappa shape index (κ2) is 10.0. The van der Waals surface area contributed by atoms with Crippen molar-refractivity contribution in [1.29, 1.82) is 0 Å². The van der Waals surface area contributed by atoms with Gasteiger partial charge in [0.05, 0.1) is 12.7 Å². The predicted molar refractivity (Wildman–Crippen MR) is 111 cm³/mol. The van der Waals surface area contributed by atoms with E-state index in [1.165, 1.54) is 5.56 Å². The number of aryl methyl sites for hydroxylation is 1. The lowest BCUT2D eigenvalue weighted by molar-refractivity contribution is -0.136. The molecule has 1 aliphatic heterocycles. The van der Waals surface area contributed by atoms with E-state index >= 15 is 0 Å². The van der Waals surface area contributed by atoms with Crippen molar-refractivity contribution >= 4 is 23.6 Å². The second-order valence-electron chi connectivity index (χ2n) is 7.41. The van der Waals surface area contributed by atoms with Crippen LogP contribution in [0.5, 0.6) is 0 Å². The number of hydrogen-bond acceptors (Lipinski definition) is 4. The SMILES string of the molecule is CN=C(NCCn1cc(C)cn1)NC1CCC(C(=O)N2CCSCC2)CC1. The third-order valence-corrected chi connectivity index (χ3v) is 6.30. The Balaban J connectivity index is 1.37. The van der Waals surface area contributed by atoms with Crippen LogP contribution in [0, 0.1) is 12.8 Å². The zero-order valence-corrected chi connectivity index (χ0v) is 17.3. The summed E-state index contributed by atoms with van der Waals surface area (Å²) in [6, 6.07) is 0.393. The largest absolute Gasteiger partial charge is 0.355 e. The molecule has 2 aliphatic rings. The van der Waals surface area contributed by atoms with Gasteiger partial charge < -0.3 is 15.5 Å². The zero-order valence-electron chi connectivity index (χ0n) is 16.5. The van der Waals surface area contributed by atoms with Crippen LogP contribution in [0.15, 0.2) is 17.4 Å². The van der Waals surface area contributed by atoms with E-state index in [0.29, 0.717) is 11.9 Å². The topological polar surface area (TPSA) is 74.5 Å². The summed E-state index contributed by atoms with van der Waals surface area (Å²) in [7, 11) is 1.80. The van der Waals surface area contributed by atoms with E-state index in [1.54, 1.807) is 7.05 Å². The van der Waals surface area contributed by atoms with E-state index in [0.717, 1.165) is 69.3 Å². The van der Waals surface area contributed by atoms with E-state index < -0.39 is 0 Å². The van der Waals surface area contributed by atoms with Gasteiger partial charge in [-0.3, -0.25) is 14.5 Å². The molecule has 27 heavy (non-hydrogen) atoms. The van der Waals surface area contributed by atoms with E-state index in [4.69, 9.17) is 0 Å². The fraction of sp³-hybridized carbons (Fsp3) is 0.737. The number of hydrogen-bond donors (Lipinski definition) is 2. The van der Waals surface area contributed by atoms with Gasteiger partial charge >= 0.3 is 0 Å². The Morgan fingerprint density at radius 3 is 2.67 bits per heavy atom. The van der Waals surface area contributed by atoms with Crippen molar-refractivity contribution in [2.75, 3.05) is 38.2 Å². The van der Waals surface area contributed by atoms with Gasteiger partial charge in [0.15, 0.2) is 5.96 Å². The first-order valence-electron chi connectivity index (χ1n) is 9.98. The van der Waals surface area contributed by atoms with Crippen LogP contribution >= 0.6 is 11.8 Å². The number of thioether (sulfide) groups is 1. The van der Waals surface area contributed by atoms with Gasteiger partial charge in [-0.15, -0.1) is 0 Å². The average molecular weight is 393 g/mol. The van der Waals surface area contributed by atoms with Crippen LogP contribution in [0.1, 0.15) is 31.2 Å². The van der Waals surface area contributed by atoms with Crippen molar-refractivity contribution in [2.24, 2.45) is 10.9 Å². The fourth-order valence-electron chi connectivity index (χ4n) is 3.79. The first-order chi connectivity index (χ1) is 13.2. The number of carbonyl (C=O) groups is 1. The van der Waals surface area contributed by atoms with Crippen LogP contribution < -0.4 is 10.6 Å². The quantitative estimate of drug-likeness (QED) is 0.587. The maximum Gasteiger partial charge on any atom is 0.225 e. The number of rotatable bonds is 5. The number of aliphatic imine (C=N–C) groups is 1. The lowest BCUT2D eigenvalue weighted by Gasteiger charge is -2.34. The number of amides is 1. The Hall–Kier alpha value is -1.70. The minimum absolute atomic E-state index is 0.212. The molecule has 1 saturated carbocycles. The summed E-state index contributed by atoms with van der Waals surface area (Å²) in [5, 5.41) is 11.2. The highest BCUT2D eigenvalue weighted by atomic mass is 32.2. The number of nitrogens with one attached hydrogen (secondary N) is 2. The summed E-state index contributed by atoms with van der Waals surface area (Å²) in [5.41, 5.74) is 1.17. The van der Waals surface area contributed by atoms with Gasteiger partial charge in [0.2, 0.25) is 5.91 Å². The molecule has 0 spiro atoms. The molecule has 1 aromatic rings. The highest BCUT2D eigenvalue weighted by Gasteiger charge is 2.30. The summed E-state index contributed by atoms with van der Waals surface area (Å²) >= 11 is 1.95. The van der Waals surface area contributed by atoms with E-state index in [9.17, 15) is 4.79 Å². The Morgan fingerprint density at radius 2 is 2.04 bits per heavy atom. The Kier molecular flexibility index (Phi) is 7.43. The van der Waals surface area contributed by atoms with Crippen molar-refractivity contribution in [2.45, 2.75) is 45.2 Å². The molecule has 2 N–H and O–H groups in total. The molecular formula is C19H32N6OS. The highest BCUT2D eigenvalue weighted by Crippen LogP contribution is 2.27. The van der Waals surface area contributed by atoms with E-state index in [-0.39, 0.29) is 5.92 Å². The first-order valence-corrected chi connectivity index (χ1v) is 11.1. The van der Waals surface area contributed by atoms with Gasteiger partial charge in [0.25, 0.3) is 0 Å². The second-order valence-corrected chi connectivity index (χ2v) is 8.64. The molecule has 1 amide bonds. The minimum atomic E-state index is 0.212. The standard InChI is InChI=1S/C19H32N6OS/c1-15-13-22-25(14-15)8-7-21-19(20-2)23-17-5-3-16(4-6-17)18(26)24-9-11-27-12-10-24/h13-14,16-17H,3-12H2,1-2H3,(H2,20,21,23). The Bertz CT molecular complexity index is 632. The molecule has 0 atom stereocenters. The van der Waals surface area contributed by atoms with Crippen LogP contribution in [-0.2, 0) is 11.3 Å². The molecule has 2 heterocycles. The normalized spacial score (nSPS) is 23.9. The molecule has 8 heteroatoms. The smallest absolute Gasteiger partial charge is 0.225 e. The third-order valence-electron chi connectivity index (χ3n) is 5.36. The molecule has 0 radical (unpaired) electrons. The molecule has 0 bridgehead atoms. The zero-order chi connectivity index (χ0) is 19.1. The molecular weight excluding hydrogens is 360 g/mol. The minimum Gasteiger partial charge on any atom is -0.355 e. The molecule has 150 valence electrons. The average Bonchev–Trinajstić information content (AvgIpc) is 3.13. The van der Waals surface area contributed by atoms with Gasteiger partial charge in [-0.05, 0) is 38.2 Å². The molecule has 0 aromatic carbocycles. The Morgan fingerprint density at radius 1 is 1.30 bits per heavy atom. The van der Waals surface area contributed by atoms with Crippen molar-refractivity contribution in [1.82, 2.24) is 25.3 Å². The molecule has 3 rings (SSSR count). The van der Waals surface area contributed by atoms with Crippen LogP contribution in [0.3, 0.4) is 0 Å². The summed E-state index contributed by atoms with van der Waals surface area (Å²) in [6.45, 7) is 5.48. The molecule has 0 unspecified atom stereocenters. The maximum absolute atomic E-state index is 12.7. The summed E-state index contributed by atoms with van der Waals surface area (Å²) in [4.78, 5) is 19.1. The van der Waals surface area contributed by atoms with Crippen LogP contribution in [0.4, 0.5) is 0 Å². The van der Waals surface area contributed by atoms with Gasteiger partial charge in [0, 0.05) is 56.3 Å².